The van der Waals surface area contributed by atoms with Gasteiger partial charge in [0.1, 0.15) is 11.5 Å². The number of unbranched alkanes of at least 4 members (excludes halogenated alkanes) is 2. The highest BCUT2D eigenvalue weighted by Gasteiger charge is 2.50. The predicted octanol–water partition coefficient (Wildman–Crippen LogP) is 10.6. The number of thioether (sulfide) groups is 2. The number of hydrogen-bond acceptors (Lipinski definition) is 10. The average molecular weight is 897 g/mol. The number of fused-ring (bicyclic) bond motifs is 2. The second kappa shape index (κ2) is 20.5. The van der Waals surface area contributed by atoms with E-state index in [-0.39, 0.29) is 11.5 Å². The summed E-state index contributed by atoms with van der Waals surface area (Å²) in [5, 5.41) is 23.7. The fraction of sp³-hybridized carbons (Fsp3) is 0.500. The molecule has 2 aliphatic heterocycles. The quantitative estimate of drug-likeness (QED) is 0.118. The molecule has 60 heavy (non-hydrogen) atoms. The Hall–Kier alpha value is -3.00. The highest BCUT2D eigenvalue weighted by Crippen LogP contribution is 2.51. The first kappa shape index (κ1) is 48.0. The molecule has 0 saturated heterocycles. The summed E-state index contributed by atoms with van der Waals surface area (Å²) < 4.78 is 65.0. The molecule has 0 radical (unpaired) electrons. The molecule has 0 aliphatic carbocycles. The van der Waals surface area contributed by atoms with Crippen LogP contribution < -0.4 is 9.47 Å². The Labute approximate surface area is 368 Å². The van der Waals surface area contributed by atoms with Crippen molar-refractivity contribution in [3.8, 4) is 11.5 Å². The number of benzene rings is 4. The number of aliphatic hydroxyl groups is 2. The minimum absolute atomic E-state index is 0.0241. The van der Waals surface area contributed by atoms with Gasteiger partial charge in [-0.1, -0.05) is 77.6 Å². The molecule has 6 atom stereocenters. The molecular weight excluding hydrogens is 833 g/mol. The lowest BCUT2D eigenvalue weighted by molar-refractivity contribution is 0.0173. The third kappa shape index (κ3) is 9.94. The zero-order valence-corrected chi connectivity index (χ0v) is 39.7. The van der Waals surface area contributed by atoms with E-state index in [0.717, 1.165) is 46.6 Å². The van der Waals surface area contributed by atoms with E-state index in [1.54, 1.807) is 49.9 Å². The summed E-state index contributed by atoms with van der Waals surface area (Å²) in [6, 6.07) is 26.4. The molecule has 2 aliphatic rings. The lowest BCUT2D eigenvalue weighted by Crippen LogP contribution is -2.42. The smallest absolute Gasteiger partial charge is 0.179 e. The van der Waals surface area contributed by atoms with Crippen LogP contribution in [0.3, 0.4) is 0 Å². The number of sulfone groups is 2. The molecule has 0 bridgehead atoms. The fourth-order valence-corrected chi connectivity index (χ4v) is 14.8. The monoisotopic (exact) mass is 896 g/mol. The van der Waals surface area contributed by atoms with Crippen molar-refractivity contribution < 1.29 is 36.5 Å². The molecule has 6 rings (SSSR count). The summed E-state index contributed by atoms with van der Waals surface area (Å²) in [7, 11) is -3.86. The largest absolute Gasteiger partial charge is 0.497 e. The third-order valence-corrected chi connectivity index (χ3v) is 18.4. The topological polar surface area (TPSA) is 127 Å². The van der Waals surface area contributed by atoms with Gasteiger partial charge < -0.3 is 19.7 Å². The molecule has 2 unspecified atom stereocenters. The summed E-state index contributed by atoms with van der Waals surface area (Å²) in [5.41, 5.74) is 1.76. The molecule has 328 valence electrons. The van der Waals surface area contributed by atoms with E-state index in [1.807, 2.05) is 99.2 Å². The minimum Gasteiger partial charge on any atom is -0.497 e. The van der Waals surface area contributed by atoms with Gasteiger partial charge in [-0.05, 0) is 121 Å². The van der Waals surface area contributed by atoms with Crippen molar-refractivity contribution in [2.75, 3.05) is 38.2 Å². The van der Waals surface area contributed by atoms with Crippen molar-refractivity contribution in [3.05, 3.63) is 107 Å². The van der Waals surface area contributed by atoms with E-state index in [0.29, 0.717) is 58.1 Å². The van der Waals surface area contributed by atoms with Crippen molar-refractivity contribution in [2.45, 2.75) is 123 Å². The number of ether oxygens (including phenoxy) is 2. The molecule has 8 nitrogen and oxygen atoms in total. The van der Waals surface area contributed by atoms with Gasteiger partial charge in [-0.15, -0.1) is 23.5 Å². The Bertz CT molecular complexity index is 2130. The van der Waals surface area contributed by atoms with Crippen molar-refractivity contribution in [1.29, 1.82) is 0 Å². The molecular formula is C48H64O8S4. The average Bonchev–Trinajstić information content (AvgIpc) is 3.38. The summed E-state index contributed by atoms with van der Waals surface area (Å²) in [5.74, 6) is 0.482. The van der Waals surface area contributed by atoms with Gasteiger partial charge in [-0.2, -0.15) is 0 Å². The lowest BCUT2D eigenvalue weighted by atomic mass is 9.69. The van der Waals surface area contributed by atoms with Gasteiger partial charge in [0.05, 0.1) is 47.7 Å². The van der Waals surface area contributed by atoms with Gasteiger partial charge in [0.15, 0.2) is 19.7 Å². The van der Waals surface area contributed by atoms with Crippen LogP contribution in [0.2, 0.25) is 0 Å². The van der Waals surface area contributed by atoms with Crippen LogP contribution in [0, 0.1) is 10.8 Å². The Kier molecular flexibility index (Phi) is 16.4. The Balaban J connectivity index is 0.000000228. The predicted molar refractivity (Wildman–Crippen MR) is 247 cm³/mol. The normalized spacial score (nSPS) is 25.4. The maximum Gasteiger partial charge on any atom is 0.179 e. The van der Waals surface area contributed by atoms with Crippen LogP contribution in [-0.2, 0) is 19.7 Å². The zero-order chi connectivity index (χ0) is 43.9. The summed E-state index contributed by atoms with van der Waals surface area (Å²) in [4.78, 5) is 2.67. The fourth-order valence-electron chi connectivity index (χ4n) is 9.36. The van der Waals surface area contributed by atoms with E-state index in [9.17, 15) is 27.0 Å². The number of hydrogen-bond donors (Lipinski definition) is 2. The molecule has 0 fully saturated rings. The molecule has 0 saturated carbocycles. The summed E-state index contributed by atoms with van der Waals surface area (Å²) in [6.07, 6.45) is 8.61. The van der Waals surface area contributed by atoms with Gasteiger partial charge in [0, 0.05) is 32.5 Å². The maximum atomic E-state index is 13.5. The molecule has 4 aromatic carbocycles. The molecule has 0 spiro atoms. The van der Waals surface area contributed by atoms with Gasteiger partial charge in [0.25, 0.3) is 0 Å². The van der Waals surface area contributed by atoms with Gasteiger partial charge in [-0.25, -0.2) is 16.8 Å². The number of aliphatic hydroxyl groups excluding tert-OH is 2. The van der Waals surface area contributed by atoms with Gasteiger partial charge in [-0.3, -0.25) is 0 Å². The standard InChI is InChI=1S/2C24H32O4S2/c2*1-5-7-13-24(6-2)16-30(26,27)21-12-11-19(29-4)15-20(21)22(23(24)25)17-9-8-10-18(14-17)28-3/h2*8-12,14-15,22-23,25H,5-7,13,16H2,1-4H3/t22-,23?,24+;22-,23?,24-/m01/s1. The Morgan fingerprint density at radius 3 is 1.30 bits per heavy atom. The van der Waals surface area contributed by atoms with E-state index in [2.05, 4.69) is 13.8 Å². The molecule has 12 heteroatoms. The highest BCUT2D eigenvalue weighted by molar-refractivity contribution is 7.98. The highest BCUT2D eigenvalue weighted by atomic mass is 32.2. The Morgan fingerprint density at radius 2 is 0.983 bits per heavy atom. The molecule has 4 aromatic rings. The molecule has 0 aromatic heterocycles. The molecule has 0 amide bonds. The first-order chi connectivity index (χ1) is 28.6. The minimum atomic E-state index is -3.54. The van der Waals surface area contributed by atoms with Crippen LogP contribution >= 0.6 is 23.5 Å². The second-order valence-electron chi connectivity index (χ2n) is 16.4. The van der Waals surface area contributed by atoms with Crippen LogP contribution in [0.15, 0.2) is 105 Å². The van der Waals surface area contributed by atoms with E-state index in [4.69, 9.17) is 9.47 Å². The van der Waals surface area contributed by atoms with Crippen molar-refractivity contribution in [3.63, 3.8) is 0 Å². The van der Waals surface area contributed by atoms with Crippen LogP contribution in [0.25, 0.3) is 0 Å². The van der Waals surface area contributed by atoms with Crippen LogP contribution in [-0.4, -0.2) is 77.5 Å². The maximum absolute atomic E-state index is 13.5. The molecule has 2 N–H and O–H groups in total. The van der Waals surface area contributed by atoms with Crippen LogP contribution in [0.5, 0.6) is 11.5 Å². The molecule has 2 heterocycles. The first-order valence-corrected chi connectivity index (χ1v) is 26.8. The van der Waals surface area contributed by atoms with Crippen LogP contribution in [0.4, 0.5) is 0 Å². The summed E-state index contributed by atoms with van der Waals surface area (Å²) in [6.45, 7) is 8.20. The van der Waals surface area contributed by atoms with Gasteiger partial charge in [0.2, 0.25) is 0 Å². The van der Waals surface area contributed by atoms with Crippen LogP contribution in [0.1, 0.15) is 113 Å². The first-order valence-electron chi connectivity index (χ1n) is 21.1. The zero-order valence-electron chi connectivity index (χ0n) is 36.4. The SMILES string of the molecule is CCCC[C@]1(CC)CS(=O)(=O)c2ccc(SC)cc2[C@@H](c2cccc(OC)c2)C1O.CCCC[C@]1(CC)CS(=O)(=O)c2ccc(SC)cc2[C@H](c2cccc(OC)c2)C1O. The van der Waals surface area contributed by atoms with Crippen molar-refractivity contribution >= 4 is 43.2 Å². The number of methoxy groups -OCH3 is 2. The second-order valence-corrected chi connectivity index (χ2v) is 22.0. The summed E-state index contributed by atoms with van der Waals surface area (Å²) >= 11 is 3.15. The van der Waals surface area contributed by atoms with Crippen molar-refractivity contribution in [1.82, 2.24) is 0 Å². The van der Waals surface area contributed by atoms with E-state index >= 15 is 0 Å². The van der Waals surface area contributed by atoms with Crippen molar-refractivity contribution in [2.24, 2.45) is 10.8 Å². The third-order valence-electron chi connectivity index (χ3n) is 13.0. The van der Waals surface area contributed by atoms with E-state index in [1.165, 1.54) is 0 Å². The lowest BCUT2D eigenvalue weighted by Gasteiger charge is -2.39. The Morgan fingerprint density at radius 1 is 0.600 bits per heavy atom. The van der Waals surface area contributed by atoms with E-state index < -0.39 is 54.5 Å². The van der Waals surface area contributed by atoms with Gasteiger partial charge >= 0.3 is 0 Å². The number of rotatable bonds is 14.